The number of methoxy groups -OCH3 is 1. The van der Waals surface area contributed by atoms with Crippen LogP contribution in [0.5, 0.6) is 11.5 Å². The molecule has 0 radical (unpaired) electrons. The van der Waals surface area contributed by atoms with E-state index in [9.17, 15) is 4.79 Å². The lowest BCUT2D eigenvalue weighted by Gasteiger charge is -2.11. The summed E-state index contributed by atoms with van der Waals surface area (Å²) in [6.45, 7) is 7.51. The van der Waals surface area contributed by atoms with Crippen LogP contribution in [0.15, 0.2) is 35.3 Å². The molecule has 1 amide bonds. The van der Waals surface area contributed by atoms with E-state index >= 15 is 0 Å². The van der Waals surface area contributed by atoms with Gasteiger partial charge in [-0.1, -0.05) is 12.1 Å². The second-order valence-corrected chi connectivity index (χ2v) is 5.29. The number of carbonyl (C=O) groups is 1. The molecule has 1 N–H and O–H groups in total. The van der Waals surface area contributed by atoms with Gasteiger partial charge in [-0.2, -0.15) is 0 Å². The summed E-state index contributed by atoms with van der Waals surface area (Å²) in [4.78, 5) is 16.1. The van der Waals surface area contributed by atoms with Crippen molar-refractivity contribution in [2.24, 2.45) is 0 Å². The molecule has 24 heavy (non-hydrogen) atoms. The maximum atomic E-state index is 11.9. The fourth-order valence-corrected chi connectivity index (χ4v) is 2.11. The van der Waals surface area contributed by atoms with Crippen LogP contribution in [-0.4, -0.2) is 24.6 Å². The lowest BCUT2D eigenvalue weighted by atomic mass is 10.1. The van der Waals surface area contributed by atoms with Gasteiger partial charge in [-0.15, -0.1) is 6.58 Å². The normalized spacial score (nSPS) is 10.3. The van der Waals surface area contributed by atoms with E-state index in [0.29, 0.717) is 17.4 Å². The molecule has 0 aliphatic carbocycles. The number of hydrogen-bond acceptors (Lipinski definition) is 5. The van der Waals surface area contributed by atoms with Gasteiger partial charge in [0, 0.05) is 0 Å². The number of aromatic nitrogens is 1. The van der Waals surface area contributed by atoms with Gasteiger partial charge in [0.05, 0.1) is 19.3 Å². The molecule has 0 aliphatic heterocycles. The number of allylic oxidation sites excluding steroid dienone is 1. The Balaban J connectivity index is 1.87. The van der Waals surface area contributed by atoms with Crippen LogP contribution in [0.3, 0.4) is 0 Å². The van der Waals surface area contributed by atoms with Gasteiger partial charge in [0.1, 0.15) is 5.76 Å². The van der Waals surface area contributed by atoms with Crippen molar-refractivity contribution in [3.05, 3.63) is 53.8 Å². The molecule has 128 valence electrons. The van der Waals surface area contributed by atoms with Crippen LogP contribution in [0.1, 0.15) is 22.9 Å². The van der Waals surface area contributed by atoms with E-state index in [1.807, 2.05) is 32.1 Å². The fraction of sp³-hybridized carbons (Fsp3) is 0.333. The van der Waals surface area contributed by atoms with Gasteiger partial charge in [0.15, 0.2) is 18.1 Å². The summed E-state index contributed by atoms with van der Waals surface area (Å²) in [5.41, 5.74) is 1.88. The number of rotatable bonds is 8. The number of nitrogens with zero attached hydrogens (tertiary/aromatic N) is 1. The van der Waals surface area contributed by atoms with Crippen LogP contribution >= 0.6 is 0 Å². The standard InChI is InChI=1S/C18H22N2O4/c1-5-6-14-7-8-15(16(9-14)22-4)23-11-17(21)19-10-18-20-12(2)13(3)24-18/h5,7-9H,1,6,10-11H2,2-4H3,(H,19,21). The van der Waals surface area contributed by atoms with Gasteiger partial charge in [0.2, 0.25) is 5.89 Å². The molecule has 2 rings (SSSR count). The predicted molar refractivity (Wildman–Crippen MR) is 90.2 cm³/mol. The quantitative estimate of drug-likeness (QED) is 0.753. The molecular weight excluding hydrogens is 308 g/mol. The molecule has 1 heterocycles. The summed E-state index contributed by atoms with van der Waals surface area (Å²) in [5.74, 6) is 2.06. The Kier molecular flexibility index (Phi) is 6.01. The highest BCUT2D eigenvalue weighted by molar-refractivity contribution is 5.77. The molecule has 0 fully saturated rings. The number of aryl methyl sites for hydroxylation is 2. The van der Waals surface area contributed by atoms with Gasteiger partial charge in [0.25, 0.3) is 5.91 Å². The van der Waals surface area contributed by atoms with Crippen LogP contribution in [0.2, 0.25) is 0 Å². The van der Waals surface area contributed by atoms with Crippen molar-refractivity contribution in [3.8, 4) is 11.5 Å². The average molecular weight is 330 g/mol. The molecule has 1 aromatic heterocycles. The Morgan fingerprint density at radius 3 is 2.79 bits per heavy atom. The molecule has 0 aliphatic rings. The third-order valence-electron chi connectivity index (χ3n) is 3.48. The molecule has 2 aromatic rings. The molecule has 0 saturated carbocycles. The van der Waals surface area contributed by atoms with E-state index in [4.69, 9.17) is 13.9 Å². The number of carbonyl (C=O) groups excluding carboxylic acids is 1. The number of benzene rings is 1. The number of oxazole rings is 1. The van der Waals surface area contributed by atoms with Crippen LogP contribution in [-0.2, 0) is 17.8 Å². The SMILES string of the molecule is C=CCc1ccc(OCC(=O)NCc2nc(C)c(C)o2)c(OC)c1. The second kappa shape index (κ2) is 8.19. The van der Waals surface area contributed by atoms with Crippen molar-refractivity contribution in [1.29, 1.82) is 0 Å². The number of amides is 1. The molecule has 0 bridgehead atoms. The topological polar surface area (TPSA) is 73.6 Å². The Bertz CT molecular complexity index is 702. The maximum absolute atomic E-state index is 11.9. The summed E-state index contributed by atoms with van der Waals surface area (Å²) in [6, 6.07) is 5.56. The van der Waals surface area contributed by atoms with E-state index in [1.165, 1.54) is 0 Å². The first-order valence-corrected chi connectivity index (χ1v) is 7.63. The monoisotopic (exact) mass is 330 g/mol. The van der Waals surface area contributed by atoms with Crippen molar-refractivity contribution in [3.63, 3.8) is 0 Å². The Hall–Kier alpha value is -2.76. The van der Waals surface area contributed by atoms with Crippen molar-refractivity contribution >= 4 is 5.91 Å². The summed E-state index contributed by atoms with van der Waals surface area (Å²) < 4.78 is 16.2. The first-order chi connectivity index (χ1) is 11.5. The van der Waals surface area contributed by atoms with Crippen molar-refractivity contribution in [2.75, 3.05) is 13.7 Å². The highest BCUT2D eigenvalue weighted by Gasteiger charge is 2.10. The Morgan fingerprint density at radius 2 is 2.17 bits per heavy atom. The third kappa shape index (κ3) is 4.62. The van der Waals surface area contributed by atoms with E-state index in [0.717, 1.165) is 23.4 Å². The minimum absolute atomic E-state index is 0.115. The predicted octanol–water partition coefficient (Wildman–Crippen LogP) is 2.72. The summed E-state index contributed by atoms with van der Waals surface area (Å²) >= 11 is 0. The molecule has 0 saturated heterocycles. The zero-order chi connectivity index (χ0) is 17.5. The number of ether oxygens (including phenoxy) is 2. The molecule has 1 aromatic carbocycles. The van der Waals surface area contributed by atoms with Crippen LogP contribution < -0.4 is 14.8 Å². The van der Waals surface area contributed by atoms with E-state index in [-0.39, 0.29) is 19.1 Å². The Labute approximate surface area is 141 Å². The molecule has 0 atom stereocenters. The summed E-state index contributed by atoms with van der Waals surface area (Å²) in [5, 5.41) is 2.70. The smallest absolute Gasteiger partial charge is 0.258 e. The van der Waals surface area contributed by atoms with Crippen LogP contribution in [0.4, 0.5) is 0 Å². The first-order valence-electron chi connectivity index (χ1n) is 7.63. The second-order valence-electron chi connectivity index (χ2n) is 5.29. The van der Waals surface area contributed by atoms with E-state index in [1.54, 1.807) is 13.2 Å². The van der Waals surface area contributed by atoms with Crippen LogP contribution in [0, 0.1) is 13.8 Å². The molecule has 6 nitrogen and oxygen atoms in total. The third-order valence-corrected chi connectivity index (χ3v) is 3.48. The highest BCUT2D eigenvalue weighted by Crippen LogP contribution is 2.28. The van der Waals surface area contributed by atoms with Crippen molar-refractivity contribution in [2.45, 2.75) is 26.8 Å². The zero-order valence-electron chi connectivity index (χ0n) is 14.2. The van der Waals surface area contributed by atoms with Gasteiger partial charge in [-0.05, 0) is 38.0 Å². The Morgan fingerprint density at radius 1 is 1.38 bits per heavy atom. The van der Waals surface area contributed by atoms with Crippen LogP contribution in [0.25, 0.3) is 0 Å². The van der Waals surface area contributed by atoms with E-state index in [2.05, 4.69) is 16.9 Å². The number of hydrogen-bond donors (Lipinski definition) is 1. The van der Waals surface area contributed by atoms with Crippen molar-refractivity contribution in [1.82, 2.24) is 10.3 Å². The lowest BCUT2D eigenvalue weighted by Crippen LogP contribution is -2.28. The summed E-state index contributed by atoms with van der Waals surface area (Å²) in [7, 11) is 1.56. The van der Waals surface area contributed by atoms with Gasteiger partial charge in [-0.3, -0.25) is 4.79 Å². The molecule has 6 heteroatoms. The largest absolute Gasteiger partial charge is 0.493 e. The highest BCUT2D eigenvalue weighted by atomic mass is 16.5. The summed E-state index contributed by atoms with van der Waals surface area (Å²) in [6.07, 6.45) is 2.56. The molecular formula is C18H22N2O4. The van der Waals surface area contributed by atoms with Gasteiger partial charge >= 0.3 is 0 Å². The maximum Gasteiger partial charge on any atom is 0.258 e. The minimum atomic E-state index is -0.263. The lowest BCUT2D eigenvalue weighted by molar-refractivity contribution is -0.123. The average Bonchev–Trinajstić information content (AvgIpc) is 2.90. The minimum Gasteiger partial charge on any atom is -0.493 e. The van der Waals surface area contributed by atoms with Gasteiger partial charge < -0.3 is 19.2 Å². The number of nitrogens with one attached hydrogen (secondary N) is 1. The van der Waals surface area contributed by atoms with Crippen molar-refractivity contribution < 1.29 is 18.7 Å². The molecule has 0 spiro atoms. The fourth-order valence-electron chi connectivity index (χ4n) is 2.11. The zero-order valence-corrected chi connectivity index (χ0v) is 14.2. The van der Waals surface area contributed by atoms with E-state index < -0.39 is 0 Å². The first kappa shape index (κ1) is 17.6. The van der Waals surface area contributed by atoms with Gasteiger partial charge in [-0.25, -0.2) is 4.98 Å². The molecule has 0 unspecified atom stereocenters.